The fourth-order valence-corrected chi connectivity index (χ4v) is 3.58. The van der Waals surface area contributed by atoms with Crippen LogP contribution in [0.1, 0.15) is 11.1 Å². The van der Waals surface area contributed by atoms with Crippen LogP contribution in [0.5, 0.6) is 5.75 Å². The number of ether oxygens (including phenoxy) is 1. The Morgan fingerprint density at radius 3 is 2.63 bits per heavy atom. The Balaban J connectivity index is 1.33. The van der Waals surface area contributed by atoms with Gasteiger partial charge < -0.3 is 19.9 Å². The van der Waals surface area contributed by atoms with Gasteiger partial charge in [-0.3, -0.25) is 4.98 Å². The van der Waals surface area contributed by atoms with Crippen LogP contribution in [-0.4, -0.2) is 48.7 Å². The van der Waals surface area contributed by atoms with Gasteiger partial charge in [-0.1, -0.05) is 12.1 Å². The Kier molecular flexibility index (Phi) is 4.79. The number of anilines is 1. The number of nitrogens with one attached hydrogen (secondary N) is 1. The maximum absolute atomic E-state index is 13.9. The molecule has 1 aromatic carbocycles. The minimum absolute atomic E-state index is 0.0788. The lowest BCUT2D eigenvalue weighted by molar-refractivity contribution is 0.193. The number of hydrogen-bond donors (Lipinski definition) is 1. The fraction of sp³-hybridized carbons (Fsp3) is 0.368. The number of hydrogen-bond acceptors (Lipinski definition) is 4. The highest BCUT2D eigenvalue weighted by Gasteiger charge is 2.25. The van der Waals surface area contributed by atoms with Gasteiger partial charge in [0.2, 0.25) is 0 Å². The predicted octanol–water partition coefficient (Wildman–Crippen LogP) is 2.33. The quantitative estimate of drug-likeness (QED) is 0.896. The number of carbonyl (C=O) groups excluding carboxylic acids is 1. The van der Waals surface area contributed by atoms with Crippen molar-refractivity contribution in [3.63, 3.8) is 0 Å². The first-order valence-corrected chi connectivity index (χ1v) is 8.94. The molecule has 3 heterocycles. The first-order chi connectivity index (χ1) is 13.1. The molecule has 0 atom stereocenters. The first kappa shape index (κ1) is 17.5. The molecule has 0 aliphatic carbocycles. The second-order valence-electron chi connectivity index (χ2n) is 6.58. The molecule has 1 fully saturated rings. The normalized spacial score (nSPS) is 16.1. The molecule has 27 heavy (non-hydrogen) atoms. The standard InChI is InChI=1S/C19H20F2N4O2/c20-15-11-22-12-16(21)18(15)24-5-7-25(8-6-24)19(26)23-10-13-2-1-3-17-14(13)4-9-27-17/h1-3,11-12H,4-10H2,(H,23,26). The van der Waals surface area contributed by atoms with Gasteiger partial charge in [0, 0.05) is 44.7 Å². The van der Waals surface area contributed by atoms with Gasteiger partial charge in [0.1, 0.15) is 11.4 Å². The maximum Gasteiger partial charge on any atom is 0.317 e. The summed E-state index contributed by atoms with van der Waals surface area (Å²) in [4.78, 5) is 19.2. The van der Waals surface area contributed by atoms with Crippen molar-refractivity contribution in [1.29, 1.82) is 0 Å². The lowest BCUT2D eigenvalue weighted by Crippen LogP contribution is -2.52. The summed E-state index contributed by atoms with van der Waals surface area (Å²) in [6, 6.07) is 5.66. The number of piperazine rings is 1. The first-order valence-electron chi connectivity index (χ1n) is 8.94. The fourth-order valence-electron chi connectivity index (χ4n) is 3.58. The van der Waals surface area contributed by atoms with Crippen molar-refractivity contribution in [3.8, 4) is 5.75 Å². The Bertz CT molecular complexity index is 833. The average Bonchev–Trinajstić information content (AvgIpc) is 3.16. The zero-order chi connectivity index (χ0) is 18.8. The molecular formula is C19H20F2N4O2. The van der Waals surface area contributed by atoms with Crippen molar-refractivity contribution in [1.82, 2.24) is 15.2 Å². The van der Waals surface area contributed by atoms with Crippen LogP contribution in [0.2, 0.25) is 0 Å². The van der Waals surface area contributed by atoms with Crippen molar-refractivity contribution in [3.05, 3.63) is 53.4 Å². The van der Waals surface area contributed by atoms with E-state index in [1.165, 1.54) is 0 Å². The third kappa shape index (κ3) is 3.51. The molecule has 4 rings (SSSR count). The van der Waals surface area contributed by atoms with E-state index < -0.39 is 11.6 Å². The molecule has 2 amide bonds. The number of halogens is 2. The zero-order valence-corrected chi connectivity index (χ0v) is 14.8. The SMILES string of the molecule is O=C(NCc1cccc2c1CCO2)N1CCN(c2c(F)cncc2F)CC1. The number of aromatic nitrogens is 1. The summed E-state index contributed by atoms with van der Waals surface area (Å²) < 4.78 is 33.3. The Morgan fingerprint density at radius 1 is 1.15 bits per heavy atom. The van der Waals surface area contributed by atoms with Crippen LogP contribution in [0.3, 0.4) is 0 Å². The number of carbonyl (C=O) groups is 1. The van der Waals surface area contributed by atoms with Gasteiger partial charge in [-0.15, -0.1) is 0 Å². The number of amides is 2. The highest BCUT2D eigenvalue weighted by atomic mass is 19.1. The minimum atomic E-state index is -0.687. The van der Waals surface area contributed by atoms with Crippen LogP contribution >= 0.6 is 0 Å². The molecule has 0 unspecified atom stereocenters. The van der Waals surface area contributed by atoms with E-state index in [1.54, 1.807) is 9.80 Å². The monoisotopic (exact) mass is 374 g/mol. The van der Waals surface area contributed by atoms with E-state index in [4.69, 9.17) is 4.74 Å². The van der Waals surface area contributed by atoms with Gasteiger partial charge >= 0.3 is 6.03 Å². The van der Waals surface area contributed by atoms with Crippen LogP contribution in [0, 0.1) is 11.6 Å². The van der Waals surface area contributed by atoms with Crippen LogP contribution in [0.4, 0.5) is 19.3 Å². The summed E-state index contributed by atoms with van der Waals surface area (Å²) in [6.45, 7) is 2.61. The van der Waals surface area contributed by atoms with E-state index in [0.717, 1.165) is 35.7 Å². The van der Waals surface area contributed by atoms with Gasteiger partial charge in [0.25, 0.3) is 0 Å². The number of pyridine rings is 1. The van der Waals surface area contributed by atoms with Crippen LogP contribution in [-0.2, 0) is 13.0 Å². The van der Waals surface area contributed by atoms with Crippen molar-refractivity contribution >= 4 is 11.7 Å². The summed E-state index contributed by atoms with van der Waals surface area (Å²) in [6.07, 6.45) is 2.85. The van der Waals surface area contributed by atoms with E-state index in [0.29, 0.717) is 39.3 Å². The molecule has 0 bridgehead atoms. The molecule has 1 aromatic heterocycles. The van der Waals surface area contributed by atoms with Crippen molar-refractivity contribution < 1.29 is 18.3 Å². The summed E-state index contributed by atoms with van der Waals surface area (Å²) in [5.74, 6) is -0.488. The summed E-state index contributed by atoms with van der Waals surface area (Å²) in [7, 11) is 0. The molecule has 0 saturated carbocycles. The van der Waals surface area contributed by atoms with E-state index in [1.807, 2.05) is 18.2 Å². The third-order valence-corrected chi connectivity index (χ3v) is 4.98. The number of nitrogens with zero attached hydrogens (tertiary/aromatic N) is 3. The van der Waals surface area contributed by atoms with Gasteiger partial charge in [0.05, 0.1) is 19.0 Å². The van der Waals surface area contributed by atoms with Gasteiger partial charge in [-0.25, -0.2) is 13.6 Å². The number of benzene rings is 1. The number of fused-ring (bicyclic) bond motifs is 1. The Morgan fingerprint density at radius 2 is 1.89 bits per heavy atom. The molecule has 142 valence electrons. The molecule has 2 aromatic rings. The topological polar surface area (TPSA) is 57.7 Å². The smallest absolute Gasteiger partial charge is 0.317 e. The molecule has 6 nitrogen and oxygen atoms in total. The lowest BCUT2D eigenvalue weighted by atomic mass is 10.1. The Hall–Kier alpha value is -2.90. The summed E-state index contributed by atoms with van der Waals surface area (Å²) in [5, 5.41) is 2.93. The van der Waals surface area contributed by atoms with E-state index in [9.17, 15) is 13.6 Å². The molecule has 1 N–H and O–H groups in total. The highest BCUT2D eigenvalue weighted by molar-refractivity contribution is 5.74. The molecule has 0 radical (unpaired) electrons. The largest absolute Gasteiger partial charge is 0.493 e. The van der Waals surface area contributed by atoms with E-state index >= 15 is 0 Å². The maximum atomic E-state index is 13.9. The second kappa shape index (κ2) is 7.38. The lowest BCUT2D eigenvalue weighted by Gasteiger charge is -2.36. The van der Waals surface area contributed by atoms with Crippen LogP contribution in [0.15, 0.2) is 30.6 Å². The van der Waals surface area contributed by atoms with Crippen molar-refractivity contribution in [2.75, 3.05) is 37.7 Å². The second-order valence-corrected chi connectivity index (χ2v) is 6.58. The van der Waals surface area contributed by atoms with Crippen LogP contribution in [0.25, 0.3) is 0 Å². The Labute approximate surface area is 155 Å². The molecule has 2 aliphatic heterocycles. The molecule has 0 spiro atoms. The van der Waals surface area contributed by atoms with Gasteiger partial charge in [-0.2, -0.15) is 0 Å². The van der Waals surface area contributed by atoms with Gasteiger partial charge in [-0.05, 0) is 11.6 Å². The van der Waals surface area contributed by atoms with Crippen LogP contribution < -0.4 is 15.0 Å². The summed E-state index contributed by atoms with van der Waals surface area (Å²) in [5.41, 5.74) is 2.12. The van der Waals surface area contributed by atoms with Crippen molar-refractivity contribution in [2.45, 2.75) is 13.0 Å². The van der Waals surface area contributed by atoms with E-state index in [2.05, 4.69) is 10.3 Å². The highest BCUT2D eigenvalue weighted by Crippen LogP contribution is 2.28. The molecule has 1 saturated heterocycles. The summed E-state index contributed by atoms with van der Waals surface area (Å²) >= 11 is 0. The molecular weight excluding hydrogens is 354 g/mol. The molecule has 2 aliphatic rings. The van der Waals surface area contributed by atoms with Crippen molar-refractivity contribution in [2.24, 2.45) is 0 Å². The van der Waals surface area contributed by atoms with E-state index in [-0.39, 0.29) is 11.7 Å². The molecule has 8 heteroatoms. The third-order valence-electron chi connectivity index (χ3n) is 4.98. The zero-order valence-electron chi connectivity index (χ0n) is 14.8. The number of urea groups is 1. The number of rotatable bonds is 3. The predicted molar refractivity (Wildman–Crippen MR) is 95.8 cm³/mol. The van der Waals surface area contributed by atoms with Gasteiger partial charge in [0.15, 0.2) is 11.6 Å². The average molecular weight is 374 g/mol. The minimum Gasteiger partial charge on any atom is -0.493 e.